The van der Waals surface area contributed by atoms with Crippen LogP contribution in [0.2, 0.25) is 0 Å². The van der Waals surface area contributed by atoms with Gasteiger partial charge in [-0.05, 0) is 48.4 Å². The van der Waals surface area contributed by atoms with E-state index in [4.69, 9.17) is 9.47 Å². The Hall–Kier alpha value is -2.28. The summed E-state index contributed by atoms with van der Waals surface area (Å²) in [5, 5.41) is 3.04. The van der Waals surface area contributed by atoms with Gasteiger partial charge in [0.15, 0.2) is 11.5 Å². The summed E-state index contributed by atoms with van der Waals surface area (Å²) in [6.07, 6.45) is 4.69. The van der Waals surface area contributed by atoms with Crippen molar-refractivity contribution in [3.05, 3.63) is 23.3 Å². The molecule has 2 fully saturated rings. The zero-order valence-electron chi connectivity index (χ0n) is 16.9. The minimum atomic E-state index is -0.695. The third-order valence-electron chi connectivity index (χ3n) is 6.64. The standard InChI is InChI=1S/C21H29N3O4/c1-14-6-4-5-8-21(14)19(25)24(20(26)22-21)13-23-9-7-15-10-17(27-2)18(28-3)11-16(15)12-23/h10-11,14H,4-9,12-13H2,1-3H3,(H,22,26)/t14-,21-/m1/s1. The SMILES string of the molecule is COc1cc2c(cc1OC)CN(CN1C(=O)N[C@@]3(CCCC[C@H]3C)C1=O)CC2. The van der Waals surface area contributed by atoms with Gasteiger partial charge in [0.25, 0.3) is 5.91 Å². The second-order valence-corrected chi connectivity index (χ2v) is 8.20. The first-order valence-electron chi connectivity index (χ1n) is 10.1. The molecule has 3 aliphatic rings. The van der Waals surface area contributed by atoms with Crippen molar-refractivity contribution in [2.45, 2.75) is 51.1 Å². The van der Waals surface area contributed by atoms with Gasteiger partial charge in [-0.15, -0.1) is 0 Å². The lowest BCUT2D eigenvalue weighted by Crippen LogP contribution is -2.54. The van der Waals surface area contributed by atoms with Crippen molar-refractivity contribution in [1.29, 1.82) is 0 Å². The normalized spacial score (nSPS) is 27.7. The fraction of sp³-hybridized carbons (Fsp3) is 0.619. The number of imide groups is 1. The molecule has 1 N–H and O–H groups in total. The van der Waals surface area contributed by atoms with Crippen LogP contribution in [0.4, 0.5) is 4.79 Å². The second kappa shape index (κ2) is 7.28. The number of urea groups is 1. The van der Waals surface area contributed by atoms with Crippen molar-refractivity contribution in [3.63, 3.8) is 0 Å². The Balaban J connectivity index is 1.50. The molecule has 0 bridgehead atoms. The summed E-state index contributed by atoms with van der Waals surface area (Å²) < 4.78 is 10.8. The summed E-state index contributed by atoms with van der Waals surface area (Å²) in [6.45, 7) is 3.88. The van der Waals surface area contributed by atoms with Crippen LogP contribution in [0.25, 0.3) is 0 Å². The van der Waals surface area contributed by atoms with Crippen LogP contribution in [-0.4, -0.2) is 54.7 Å². The average molecular weight is 387 g/mol. The number of rotatable bonds is 4. The van der Waals surface area contributed by atoms with E-state index in [1.807, 2.05) is 12.1 Å². The first-order chi connectivity index (χ1) is 13.5. The molecule has 2 heterocycles. The van der Waals surface area contributed by atoms with Gasteiger partial charge in [-0.1, -0.05) is 19.8 Å². The molecule has 1 aromatic carbocycles. The summed E-state index contributed by atoms with van der Waals surface area (Å²) in [5.74, 6) is 1.56. The molecule has 1 saturated heterocycles. The number of carbonyl (C=O) groups is 2. The molecule has 2 aliphatic heterocycles. The summed E-state index contributed by atoms with van der Waals surface area (Å²) >= 11 is 0. The molecular weight excluding hydrogens is 358 g/mol. The van der Waals surface area contributed by atoms with Crippen molar-refractivity contribution in [3.8, 4) is 11.5 Å². The lowest BCUT2D eigenvalue weighted by molar-refractivity contribution is -0.135. The Morgan fingerprint density at radius 2 is 1.86 bits per heavy atom. The topological polar surface area (TPSA) is 71.1 Å². The molecule has 1 spiro atoms. The molecule has 28 heavy (non-hydrogen) atoms. The van der Waals surface area contributed by atoms with E-state index in [2.05, 4.69) is 17.1 Å². The zero-order chi connectivity index (χ0) is 19.9. The fourth-order valence-electron chi connectivity index (χ4n) is 4.89. The molecule has 3 amide bonds. The Labute approximate surface area is 166 Å². The quantitative estimate of drug-likeness (QED) is 0.804. The Morgan fingerprint density at radius 1 is 1.14 bits per heavy atom. The van der Waals surface area contributed by atoms with Crippen molar-refractivity contribution in [1.82, 2.24) is 15.1 Å². The minimum absolute atomic E-state index is 0.0530. The van der Waals surface area contributed by atoms with Crippen LogP contribution in [0.5, 0.6) is 11.5 Å². The van der Waals surface area contributed by atoms with Crippen LogP contribution in [0, 0.1) is 5.92 Å². The van der Waals surface area contributed by atoms with Gasteiger partial charge in [-0.3, -0.25) is 9.69 Å². The molecule has 2 atom stereocenters. The van der Waals surface area contributed by atoms with Gasteiger partial charge in [0, 0.05) is 13.1 Å². The van der Waals surface area contributed by atoms with Crippen LogP contribution in [0.1, 0.15) is 43.7 Å². The maximum atomic E-state index is 13.2. The second-order valence-electron chi connectivity index (χ2n) is 8.20. The molecule has 0 unspecified atom stereocenters. The van der Waals surface area contributed by atoms with Gasteiger partial charge >= 0.3 is 6.03 Å². The highest BCUT2D eigenvalue weighted by Gasteiger charge is 2.55. The molecule has 4 rings (SSSR count). The van der Waals surface area contributed by atoms with Gasteiger partial charge in [0.05, 0.1) is 20.9 Å². The summed E-state index contributed by atoms with van der Waals surface area (Å²) in [7, 11) is 3.27. The highest BCUT2D eigenvalue weighted by Crippen LogP contribution is 2.39. The first-order valence-corrected chi connectivity index (χ1v) is 10.1. The predicted octanol–water partition coefficient (Wildman–Crippen LogP) is 2.52. The Morgan fingerprint density at radius 3 is 2.54 bits per heavy atom. The first kappa shape index (κ1) is 19.1. The monoisotopic (exact) mass is 387 g/mol. The summed E-state index contributed by atoms with van der Waals surface area (Å²) in [4.78, 5) is 29.4. The molecular formula is C21H29N3O4. The van der Waals surface area contributed by atoms with E-state index in [-0.39, 0.29) is 17.9 Å². The molecule has 0 radical (unpaired) electrons. The molecule has 0 aromatic heterocycles. The maximum absolute atomic E-state index is 13.2. The Bertz CT molecular complexity index is 796. The number of amides is 3. The Kier molecular flexibility index (Phi) is 4.95. The van der Waals surface area contributed by atoms with Crippen molar-refractivity contribution < 1.29 is 19.1 Å². The van der Waals surface area contributed by atoms with Crippen LogP contribution >= 0.6 is 0 Å². The van der Waals surface area contributed by atoms with Crippen LogP contribution in [-0.2, 0) is 17.8 Å². The van der Waals surface area contributed by atoms with E-state index < -0.39 is 5.54 Å². The summed E-state index contributed by atoms with van der Waals surface area (Å²) in [6, 6.07) is 3.77. The van der Waals surface area contributed by atoms with Crippen LogP contribution < -0.4 is 14.8 Å². The van der Waals surface area contributed by atoms with Crippen molar-refractivity contribution in [2.75, 3.05) is 27.4 Å². The van der Waals surface area contributed by atoms with E-state index in [0.717, 1.165) is 50.0 Å². The number of benzene rings is 1. The van der Waals surface area contributed by atoms with Gasteiger partial charge in [-0.25, -0.2) is 9.69 Å². The number of carbonyl (C=O) groups excluding carboxylic acids is 2. The molecule has 152 valence electrons. The number of fused-ring (bicyclic) bond motifs is 1. The molecule has 7 nitrogen and oxygen atoms in total. The minimum Gasteiger partial charge on any atom is -0.493 e. The van der Waals surface area contributed by atoms with Gasteiger partial charge in [-0.2, -0.15) is 0 Å². The smallest absolute Gasteiger partial charge is 0.326 e. The van der Waals surface area contributed by atoms with Gasteiger partial charge < -0.3 is 14.8 Å². The van der Waals surface area contributed by atoms with E-state index in [1.54, 1.807) is 14.2 Å². The number of nitrogens with one attached hydrogen (secondary N) is 1. The highest BCUT2D eigenvalue weighted by molar-refractivity contribution is 6.07. The van der Waals surface area contributed by atoms with E-state index in [9.17, 15) is 9.59 Å². The van der Waals surface area contributed by atoms with E-state index in [0.29, 0.717) is 19.0 Å². The highest BCUT2D eigenvalue weighted by atomic mass is 16.5. The fourth-order valence-corrected chi connectivity index (χ4v) is 4.89. The number of hydrogen-bond acceptors (Lipinski definition) is 5. The molecule has 1 aliphatic carbocycles. The van der Waals surface area contributed by atoms with Gasteiger partial charge in [0.2, 0.25) is 0 Å². The third-order valence-corrected chi connectivity index (χ3v) is 6.64. The average Bonchev–Trinajstić information content (AvgIpc) is 2.94. The largest absolute Gasteiger partial charge is 0.493 e. The number of nitrogens with zero attached hydrogens (tertiary/aromatic N) is 2. The lowest BCUT2D eigenvalue weighted by Gasteiger charge is -2.37. The van der Waals surface area contributed by atoms with Crippen LogP contribution in [0.3, 0.4) is 0 Å². The third kappa shape index (κ3) is 3.02. The van der Waals surface area contributed by atoms with Crippen LogP contribution in [0.15, 0.2) is 12.1 Å². The molecule has 1 saturated carbocycles. The number of hydrogen-bond donors (Lipinski definition) is 1. The lowest BCUT2D eigenvalue weighted by atomic mass is 9.73. The summed E-state index contributed by atoms with van der Waals surface area (Å²) in [5.41, 5.74) is 1.68. The molecule has 1 aromatic rings. The number of ether oxygens (including phenoxy) is 2. The molecule has 7 heteroatoms. The van der Waals surface area contributed by atoms with Gasteiger partial charge in [0.1, 0.15) is 5.54 Å². The van der Waals surface area contributed by atoms with E-state index in [1.165, 1.54) is 10.5 Å². The maximum Gasteiger partial charge on any atom is 0.326 e. The van der Waals surface area contributed by atoms with Crippen molar-refractivity contribution >= 4 is 11.9 Å². The predicted molar refractivity (Wildman–Crippen MR) is 104 cm³/mol. The van der Waals surface area contributed by atoms with E-state index >= 15 is 0 Å². The van der Waals surface area contributed by atoms with Crippen molar-refractivity contribution in [2.24, 2.45) is 5.92 Å². The zero-order valence-corrected chi connectivity index (χ0v) is 16.9. The number of methoxy groups -OCH3 is 2.